The number of carbonyl (C=O) groups is 2. The highest BCUT2D eigenvalue weighted by atomic mass is 79.9. The predicted molar refractivity (Wildman–Crippen MR) is 81.2 cm³/mol. The molecule has 1 amide bonds. The predicted octanol–water partition coefficient (Wildman–Crippen LogP) is 1.56. The number of amides is 1. The Kier molecular flexibility index (Phi) is 5.72. The monoisotopic (exact) mass is 356 g/mol. The first-order valence-electron chi connectivity index (χ1n) is 6.64. The number of rotatable bonds is 5. The first-order chi connectivity index (χ1) is 10.1. The number of hydrogen-bond acceptors (Lipinski definition) is 4. The van der Waals surface area contributed by atoms with Gasteiger partial charge in [-0.1, -0.05) is 12.1 Å². The summed E-state index contributed by atoms with van der Waals surface area (Å²) in [6.45, 7) is 1.57. The molecule has 1 aromatic rings. The number of morpholine rings is 1. The molecule has 0 radical (unpaired) electrons. The average Bonchev–Trinajstić information content (AvgIpc) is 2.43. The number of para-hydroxylation sites is 1. The van der Waals surface area contributed by atoms with Crippen LogP contribution >= 0.6 is 15.9 Å². The lowest BCUT2D eigenvalue weighted by atomic mass is 10.1. The van der Waals surface area contributed by atoms with Crippen LogP contribution in [-0.4, -0.2) is 54.2 Å². The summed E-state index contributed by atoms with van der Waals surface area (Å²) in [6.07, 6.45) is -0.0255. The summed E-state index contributed by atoms with van der Waals surface area (Å²) in [5, 5.41) is 11.7. The molecule has 0 saturated carbocycles. The largest absolute Gasteiger partial charge is 0.481 e. The summed E-state index contributed by atoms with van der Waals surface area (Å²) in [4.78, 5) is 24.8. The lowest BCUT2D eigenvalue weighted by Crippen LogP contribution is -2.49. The molecular weight excluding hydrogens is 340 g/mol. The number of carbonyl (C=O) groups excluding carboxylic acids is 1. The zero-order valence-corrected chi connectivity index (χ0v) is 13.0. The van der Waals surface area contributed by atoms with Crippen molar-refractivity contribution >= 4 is 33.5 Å². The summed E-state index contributed by atoms with van der Waals surface area (Å²) < 4.78 is 6.10. The van der Waals surface area contributed by atoms with Gasteiger partial charge in [0.2, 0.25) is 5.91 Å². The second-order valence-electron chi connectivity index (χ2n) is 4.83. The van der Waals surface area contributed by atoms with Gasteiger partial charge in [0.25, 0.3) is 0 Å². The maximum absolute atomic E-state index is 12.1. The number of hydrogen-bond donors (Lipinski definition) is 2. The summed E-state index contributed by atoms with van der Waals surface area (Å²) in [5.74, 6) is -1.05. The number of nitrogens with one attached hydrogen (secondary N) is 1. The van der Waals surface area contributed by atoms with Crippen molar-refractivity contribution in [2.45, 2.75) is 12.5 Å². The van der Waals surface area contributed by atoms with Gasteiger partial charge in [0.15, 0.2) is 0 Å². The molecule has 21 heavy (non-hydrogen) atoms. The van der Waals surface area contributed by atoms with Gasteiger partial charge in [0.05, 0.1) is 31.9 Å². The Bertz CT molecular complexity index is 523. The fraction of sp³-hybridized carbons (Fsp3) is 0.429. The molecule has 0 bridgehead atoms. The van der Waals surface area contributed by atoms with Crippen molar-refractivity contribution in [2.75, 3.05) is 31.6 Å². The quantitative estimate of drug-likeness (QED) is 0.836. The first-order valence-corrected chi connectivity index (χ1v) is 7.43. The number of halogens is 1. The van der Waals surface area contributed by atoms with E-state index in [2.05, 4.69) is 21.2 Å². The number of carboxylic acid groups (broad SMARTS) is 1. The second kappa shape index (κ2) is 7.53. The fourth-order valence-electron chi connectivity index (χ4n) is 2.22. The van der Waals surface area contributed by atoms with E-state index in [1.165, 1.54) is 0 Å². The normalized spacial score (nSPS) is 19.2. The summed E-state index contributed by atoms with van der Waals surface area (Å²) in [7, 11) is 0. The van der Waals surface area contributed by atoms with E-state index in [1.54, 1.807) is 6.07 Å². The molecule has 1 aliphatic heterocycles. The Balaban J connectivity index is 1.94. The van der Waals surface area contributed by atoms with E-state index in [0.717, 1.165) is 4.47 Å². The summed E-state index contributed by atoms with van der Waals surface area (Å²) in [5.41, 5.74) is 0.700. The number of ether oxygens (including phenoxy) is 1. The molecule has 1 aliphatic rings. The number of benzene rings is 1. The molecule has 7 heteroatoms. The van der Waals surface area contributed by atoms with E-state index in [-0.39, 0.29) is 24.9 Å². The van der Waals surface area contributed by atoms with Crippen LogP contribution in [0.25, 0.3) is 0 Å². The van der Waals surface area contributed by atoms with Crippen LogP contribution in [0.3, 0.4) is 0 Å². The van der Waals surface area contributed by atoms with Crippen molar-refractivity contribution in [2.24, 2.45) is 0 Å². The molecule has 0 aliphatic carbocycles. The minimum atomic E-state index is -0.887. The van der Waals surface area contributed by atoms with Gasteiger partial charge in [0, 0.05) is 17.1 Å². The van der Waals surface area contributed by atoms with Crippen LogP contribution in [0.2, 0.25) is 0 Å². The molecule has 6 nitrogen and oxygen atoms in total. The lowest BCUT2D eigenvalue weighted by Gasteiger charge is -2.34. The van der Waals surface area contributed by atoms with Crippen molar-refractivity contribution in [3.8, 4) is 0 Å². The lowest BCUT2D eigenvalue weighted by molar-refractivity contribution is -0.141. The molecular formula is C14H17BrN2O4. The standard InChI is InChI=1S/C14H17BrN2O4/c15-11-3-1-2-4-12(11)16-13(18)8-17-5-6-21-9-10(17)7-14(19)20/h1-4,10H,5-9H2,(H,16,18)(H,19,20). The second-order valence-corrected chi connectivity index (χ2v) is 5.68. The summed E-state index contributed by atoms with van der Waals surface area (Å²) in [6, 6.07) is 7.09. The Labute approximate surface area is 131 Å². The van der Waals surface area contributed by atoms with Gasteiger partial charge in [-0.2, -0.15) is 0 Å². The fourth-order valence-corrected chi connectivity index (χ4v) is 2.61. The highest BCUT2D eigenvalue weighted by molar-refractivity contribution is 9.10. The van der Waals surface area contributed by atoms with E-state index < -0.39 is 5.97 Å². The highest BCUT2D eigenvalue weighted by Gasteiger charge is 2.26. The minimum absolute atomic E-state index is 0.0255. The van der Waals surface area contributed by atoms with Crippen LogP contribution in [-0.2, 0) is 14.3 Å². The molecule has 1 saturated heterocycles. The molecule has 1 unspecified atom stereocenters. The third-order valence-electron chi connectivity index (χ3n) is 3.25. The van der Waals surface area contributed by atoms with Gasteiger partial charge >= 0.3 is 5.97 Å². The molecule has 1 atom stereocenters. The van der Waals surface area contributed by atoms with Crippen LogP contribution in [0, 0.1) is 0 Å². The maximum Gasteiger partial charge on any atom is 0.305 e. The molecule has 1 aromatic carbocycles. The zero-order chi connectivity index (χ0) is 15.2. The van der Waals surface area contributed by atoms with E-state index in [4.69, 9.17) is 9.84 Å². The number of carboxylic acids is 1. The van der Waals surface area contributed by atoms with Crippen LogP contribution in [0.4, 0.5) is 5.69 Å². The molecule has 2 N–H and O–H groups in total. The third-order valence-corrected chi connectivity index (χ3v) is 3.95. The van der Waals surface area contributed by atoms with E-state index in [9.17, 15) is 9.59 Å². The van der Waals surface area contributed by atoms with Gasteiger partial charge in [-0.05, 0) is 28.1 Å². The Hall–Kier alpha value is -1.44. The number of nitrogens with zero attached hydrogens (tertiary/aromatic N) is 1. The molecule has 0 aromatic heterocycles. The van der Waals surface area contributed by atoms with Crippen molar-refractivity contribution < 1.29 is 19.4 Å². The van der Waals surface area contributed by atoms with Crippen molar-refractivity contribution in [1.82, 2.24) is 4.90 Å². The van der Waals surface area contributed by atoms with E-state index in [1.807, 2.05) is 23.1 Å². The van der Waals surface area contributed by atoms with Gasteiger partial charge in [-0.25, -0.2) is 0 Å². The minimum Gasteiger partial charge on any atom is -0.481 e. The van der Waals surface area contributed by atoms with Crippen molar-refractivity contribution in [3.05, 3.63) is 28.7 Å². The van der Waals surface area contributed by atoms with Crippen LogP contribution in [0.15, 0.2) is 28.7 Å². The molecule has 2 rings (SSSR count). The first kappa shape index (κ1) is 15.9. The molecule has 0 spiro atoms. The summed E-state index contributed by atoms with van der Waals surface area (Å²) >= 11 is 3.37. The van der Waals surface area contributed by atoms with Crippen LogP contribution in [0.5, 0.6) is 0 Å². The molecule has 1 fully saturated rings. The molecule has 1 heterocycles. The number of anilines is 1. The topological polar surface area (TPSA) is 78.9 Å². The van der Waals surface area contributed by atoms with Crippen molar-refractivity contribution in [3.63, 3.8) is 0 Å². The van der Waals surface area contributed by atoms with Gasteiger partial charge in [-0.15, -0.1) is 0 Å². The smallest absolute Gasteiger partial charge is 0.305 e. The third kappa shape index (κ3) is 4.80. The van der Waals surface area contributed by atoms with Gasteiger partial charge in [0.1, 0.15) is 0 Å². The Morgan fingerprint density at radius 2 is 2.19 bits per heavy atom. The Morgan fingerprint density at radius 1 is 1.43 bits per heavy atom. The van der Waals surface area contributed by atoms with Crippen LogP contribution < -0.4 is 5.32 Å². The van der Waals surface area contributed by atoms with Gasteiger partial charge < -0.3 is 15.2 Å². The van der Waals surface area contributed by atoms with E-state index in [0.29, 0.717) is 25.4 Å². The highest BCUT2D eigenvalue weighted by Crippen LogP contribution is 2.21. The van der Waals surface area contributed by atoms with Gasteiger partial charge in [-0.3, -0.25) is 14.5 Å². The van der Waals surface area contributed by atoms with Crippen molar-refractivity contribution in [1.29, 1.82) is 0 Å². The average molecular weight is 357 g/mol. The number of aliphatic carboxylic acids is 1. The Morgan fingerprint density at radius 3 is 2.90 bits per heavy atom. The maximum atomic E-state index is 12.1. The zero-order valence-electron chi connectivity index (χ0n) is 11.4. The molecule has 114 valence electrons. The van der Waals surface area contributed by atoms with E-state index >= 15 is 0 Å². The SMILES string of the molecule is O=C(O)CC1COCCN1CC(=O)Nc1ccccc1Br. The van der Waals surface area contributed by atoms with Crippen LogP contribution in [0.1, 0.15) is 6.42 Å².